The predicted molar refractivity (Wildman–Crippen MR) is 44.5 cm³/mol. The van der Waals surface area contributed by atoms with Crippen LogP contribution in [-0.2, 0) is 9.59 Å². The summed E-state index contributed by atoms with van der Waals surface area (Å²) in [5.41, 5.74) is 0. The molecular formula is C7H14BaO5. The first kappa shape index (κ1) is 23.4. The Labute approximate surface area is 118 Å². The monoisotopic (exact) mass is 316 g/mol. The van der Waals surface area contributed by atoms with Crippen molar-refractivity contribution in [3.8, 4) is 0 Å². The molecule has 74 valence electrons. The van der Waals surface area contributed by atoms with Crippen molar-refractivity contribution >= 4 is 60.8 Å². The van der Waals surface area contributed by atoms with Gasteiger partial charge >= 0.3 is 48.9 Å². The fourth-order valence-corrected chi connectivity index (χ4v) is 0. The Balaban J connectivity index is -0.0000000450. The van der Waals surface area contributed by atoms with Gasteiger partial charge in [0, 0.05) is 18.0 Å². The molecule has 0 radical (unpaired) electrons. The summed E-state index contributed by atoms with van der Waals surface area (Å²) in [7, 11) is 0. The predicted octanol–water partition coefficient (Wildman–Crippen LogP) is -2.48. The molecule has 0 atom stereocenters. The van der Waals surface area contributed by atoms with Crippen molar-refractivity contribution in [1.82, 2.24) is 0 Å². The Morgan fingerprint density at radius 1 is 1.08 bits per heavy atom. The standard InChI is InChI=1S/C3H8O.2C2H4O2.Ba/c1-3(2)4;2*1-2(3)4;/h3-4H,1-2H3;2*1H3,(H,3,4);/q;;;+2/p-2. The smallest absolute Gasteiger partial charge is 0.550 e. The molecule has 0 aliphatic carbocycles. The minimum absolute atomic E-state index is 0. The van der Waals surface area contributed by atoms with Gasteiger partial charge in [-0.3, -0.25) is 0 Å². The molecule has 0 aliphatic rings. The van der Waals surface area contributed by atoms with Crippen LogP contribution in [0.5, 0.6) is 0 Å². The quantitative estimate of drug-likeness (QED) is 0.499. The fourth-order valence-electron chi connectivity index (χ4n) is 0. The van der Waals surface area contributed by atoms with Gasteiger partial charge in [-0.25, -0.2) is 0 Å². The van der Waals surface area contributed by atoms with Crippen LogP contribution in [-0.4, -0.2) is 72.0 Å². The third-order valence-corrected chi connectivity index (χ3v) is 0. The third kappa shape index (κ3) is 6150. The van der Waals surface area contributed by atoms with Crippen molar-refractivity contribution in [3.05, 3.63) is 0 Å². The Hall–Kier alpha value is 0.471. The van der Waals surface area contributed by atoms with E-state index in [1.165, 1.54) is 0 Å². The Morgan fingerprint density at radius 3 is 1.08 bits per heavy atom. The number of aliphatic carboxylic acids is 2. The SMILES string of the molecule is CC(=O)[O-].CC(=O)[O-].CC(C)O.[Ba+2]. The number of aliphatic hydroxyl groups excluding tert-OH is 1. The van der Waals surface area contributed by atoms with Crippen molar-refractivity contribution < 1.29 is 24.9 Å². The maximum absolute atomic E-state index is 8.89. The molecule has 1 N–H and O–H groups in total. The molecule has 0 saturated carbocycles. The van der Waals surface area contributed by atoms with Crippen molar-refractivity contribution in [1.29, 1.82) is 0 Å². The topological polar surface area (TPSA) is 100 Å². The van der Waals surface area contributed by atoms with E-state index in [1.54, 1.807) is 13.8 Å². The number of rotatable bonds is 0. The Kier molecular flexibility index (Phi) is 32.9. The molecule has 0 heterocycles. The van der Waals surface area contributed by atoms with E-state index < -0.39 is 11.9 Å². The maximum atomic E-state index is 8.89. The largest absolute Gasteiger partial charge is 2.00 e. The van der Waals surface area contributed by atoms with Crippen LogP contribution in [0.2, 0.25) is 0 Å². The van der Waals surface area contributed by atoms with E-state index in [4.69, 9.17) is 24.9 Å². The summed E-state index contributed by atoms with van der Waals surface area (Å²) in [6.07, 6.45) is -0.167. The second-order valence-corrected chi connectivity index (χ2v) is 2.08. The molecular weight excluding hydrogens is 301 g/mol. The molecule has 0 amide bonds. The van der Waals surface area contributed by atoms with Gasteiger partial charge in [-0.05, 0) is 27.7 Å². The first-order chi connectivity index (χ1) is 5.20. The number of carboxylic acids is 2. The van der Waals surface area contributed by atoms with Gasteiger partial charge in [0.1, 0.15) is 0 Å². The van der Waals surface area contributed by atoms with Gasteiger partial charge in [0.05, 0.1) is 0 Å². The van der Waals surface area contributed by atoms with E-state index in [0.29, 0.717) is 0 Å². The maximum Gasteiger partial charge on any atom is 2.00 e. The molecule has 0 saturated heterocycles. The molecule has 5 nitrogen and oxygen atoms in total. The summed E-state index contributed by atoms with van der Waals surface area (Å²) in [6.45, 7) is 5.39. The molecule has 0 fully saturated rings. The van der Waals surface area contributed by atoms with Crippen molar-refractivity contribution in [3.63, 3.8) is 0 Å². The van der Waals surface area contributed by atoms with Crippen LogP contribution < -0.4 is 10.2 Å². The Bertz CT molecular complexity index is 101. The van der Waals surface area contributed by atoms with Gasteiger partial charge in [-0.15, -0.1) is 0 Å². The van der Waals surface area contributed by atoms with E-state index in [9.17, 15) is 0 Å². The van der Waals surface area contributed by atoms with E-state index in [-0.39, 0.29) is 55.0 Å². The summed E-state index contributed by atoms with van der Waals surface area (Å²) in [5, 5.41) is 25.8. The zero-order valence-electron chi connectivity index (χ0n) is 8.36. The molecule has 0 bridgehead atoms. The Morgan fingerprint density at radius 2 is 1.08 bits per heavy atom. The molecule has 0 aromatic heterocycles. The molecule has 0 spiro atoms. The van der Waals surface area contributed by atoms with Crippen molar-refractivity contribution in [2.45, 2.75) is 33.8 Å². The normalized spacial score (nSPS) is 6.62. The van der Waals surface area contributed by atoms with Crippen LogP contribution in [0.3, 0.4) is 0 Å². The van der Waals surface area contributed by atoms with Gasteiger partial charge < -0.3 is 24.9 Å². The number of aliphatic hydroxyl groups is 1. The summed E-state index contributed by atoms with van der Waals surface area (Å²) in [6, 6.07) is 0. The number of carbonyl (C=O) groups excluding carboxylic acids is 2. The van der Waals surface area contributed by atoms with E-state index in [2.05, 4.69) is 0 Å². The van der Waals surface area contributed by atoms with E-state index in [1.807, 2.05) is 0 Å². The first-order valence-corrected chi connectivity index (χ1v) is 3.23. The first-order valence-electron chi connectivity index (χ1n) is 3.23. The molecule has 13 heavy (non-hydrogen) atoms. The summed E-state index contributed by atoms with van der Waals surface area (Å²) in [5.74, 6) is -2.17. The molecule has 0 aliphatic heterocycles. The average Bonchev–Trinajstić information content (AvgIpc) is 1.54. The fraction of sp³-hybridized carbons (Fsp3) is 0.714. The molecule has 0 aromatic carbocycles. The van der Waals surface area contributed by atoms with E-state index >= 15 is 0 Å². The zero-order chi connectivity index (χ0) is 10.7. The minimum atomic E-state index is -1.08. The van der Waals surface area contributed by atoms with Gasteiger partial charge in [-0.1, -0.05) is 0 Å². The second-order valence-electron chi connectivity index (χ2n) is 2.08. The van der Waals surface area contributed by atoms with Crippen LogP contribution in [0, 0.1) is 0 Å². The van der Waals surface area contributed by atoms with E-state index in [0.717, 1.165) is 13.8 Å². The third-order valence-electron chi connectivity index (χ3n) is 0. The van der Waals surface area contributed by atoms with Gasteiger partial charge in [0.2, 0.25) is 0 Å². The minimum Gasteiger partial charge on any atom is -0.550 e. The van der Waals surface area contributed by atoms with Crippen LogP contribution in [0.15, 0.2) is 0 Å². The number of carbonyl (C=O) groups is 2. The van der Waals surface area contributed by atoms with Crippen molar-refractivity contribution in [2.75, 3.05) is 0 Å². The van der Waals surface area contributed by atoms with Gasteiger partial charge in [0.25, 0.3) is 0 Å². The summed E-state index contributed by atoms with van der Waals surface area (Å²) in [4.78, 5) is 17.8. The molecule has 0 aromatic rings. The molecule has 0 rings (SSSR count). The molecule has 0 unspecified atom stereocenters. The number of hydrogen-bond donors (Lipinski definition) is 1. The number of carboxylic acid groups (broad SMARTS) is 2. The second kappa shape index (κ2) is 18.3. The van der Waals surface area contributed by atoms with Crippen LogP contribution in [0.1, 0.15) is 27.7 Å². The summed E-state index contributed by atoms with van der Waals surface area (Å²) >= 11 is 0. The zero-order valence-corrected chi connectivity index (χ0v) is 12.8. The summed E-state index contributed by atoms with van der Waals surface area (Å²) < 4.78 is 0. The average molecular weight is 316 g/mol. The van der Waals surface area contributed by atoms with Gasteiger partial charge in [0.15, 0.2) is 0 Å². The van der Waals surface area contributed by atoms with Crippen LogP contribution in [0.25, 0.3) is 0 Å². The van der Waals surface area contributed by atoms with Crippen LogP contribution in [0.4, 0.5) is 0 Å². The number of hydrogen-bond acceptors (Lipinski definition) is 5. The van der Waals surface area contributed by atoms with Crippen LogP contribution >= 0.6 is 0 Å². The van der Waals surface area contributed by atoms with Crippen molar-refractivity contribution in [2.24, 2.45) is 0 Å². The van der Waals surface area contributed by atoms with Gasteiger partial charge in [-0.2, -0.15) is 0 Å². The molecule has 6 heteroatoms.